The van der Waals surface area contributed by atoms with Gasteiger partial charge in [0.15, 0.2) is 0 Å². The van der Waals surface area contributed by atoms with E-state index in [0.717, 1.165) is 0 Å². The van der Waals surface area contributed by atoms with Crippen LogP contribution in [0.4, 0.5) is 6.01 Å². The molecule has 7 heteroatoms. The van der Waals surface area contributed by atoms with Gasteiger partial charge >= 0.3 is 6.01 Å². The van der Waals surface area contributed by atoms with E-state index in [0.29, 0.717) is 25.4 Å². The monoisotopic (exact) mass is 225 g/mol. The summed E-state index contributed by atoms with van der Waals surface area (Å²) in [6, 6.07) is 0.0527. The molecule has 16 heavy (non-hydrogen) atoms. The van der Waals surface area contributed by atoms with Crippen LogP contribution < -0.4 is 5.32 Å². The first-order valence-electron chi connectivity index (χ1n) is 4.88. The van der Waals surface area contributed by atoms with E-state index in [2.05, 4.69) is 15.5 Å². The van der Waals surface area contributed by atoms with Crippen molar-refractivity contribution in [2.75, 3.05) is 18.5 Å². The van der Waals surface area contributed by atoms with Gasteiger partial charge in [0.1, 0.15) is 19.5 Å². The van der Waals surface area contributed by atoms with Crippen LogP contribution in [-0.4, -0.2) is 29.3 Å². The summed E-state index contributed by atoms with van der Waals surface area (Å²) in [5.41, 5.74) is 0. The Morgan fingerprint density at radius 2 is 2.38 bits per heavy atom. The van der Waals surface area contributed by atoms with Gasteiger partial charge < -0.3 is 13.9 Å². The molecule has 0 aliphatic carbocycles. The third-order valence-electron chi connectivity index (χ3n) is 1.85. The molecule has 1 aliphatic heterocycles. The van der Waals surface area contributed by atoms with Crippen LogP contribution in [0.1, 0.15) is 19.2 Å². The third-order valence-corrected chi connectivity index (χ3v) is 1.85. The quantitative estimate of drug-likeness (QED) is 0.817. The summed E-state index contributed by atoms with van der Waals surface area (Å²) in [5, 5.41) is 9.83. The van der Waals surface area contributed by atoms with E-state index >= 15 is 0 Å². The lowest BCUT2D eigenvalue weighted by Gasteiger charge is -2.11. The van der Waals surface area contributed by atoms with E-state index < -0.39 is 0 Å². The van der Waals surface area contributed by atoms with Crippen molar-refractivity contribution in [3.8, 4) is 0 Å². The minimum Gasteiger partial charge on any atom is -0.494 e. The Kier molecular flexibility index (Phi) is 3.04. The molecule has 1 aromatic rings. The first kappa shape index (κ1) is 10.5. The number of aromatic nitrogens is 2. The van der Waals surface area contributed by atoms with Crippen LogP contribution in [0.25, 0.3) is 5.76 Å². The van der Waals surface area contributed by atoms with Gasteiger partial charge in [0.2, 0.25) is 11.7 Å². The topological polar surface area (TPSA) is 86.5 Å². The SMILES string of the molecule is CCC(=O)Nc1nnc(C2=COCCO2)o1. The standard InChI is InChI=1S/C9H11N3O4/c1-2-7(13)10-9-12-11-8(16-9)6-5-14-3-4-15-6/h5H,2-4H2,1H3,(H,10,12,13). The minimum atomic E-state index is -0.190. The van der Waals surface area contributed by atoms with E-state index in [9.17, 15) is 4.79 Å². The maximum Gasteiger partial charge on any atom is 0.322 e. The molecule has 0 aromatic carbocycles. The van der Waals surface area contributed by atoms with E-state index in [1.165, 1.54) is 6.26 Å². The Bertz CT molecular complexity index is 413. The molecule has 0 spiro atoms. The Morgan fingerprint density at radius 3 is 3.06 bits per heavy atom. The molecule has 0 saturated heterocycles. The normalized spacial score (nSPS) is 14.7. The second-order valence-corrected chi connectivity index (χ2v) is 3.02. The number of carbonyl (C=O) groups is 1. The molecule has 2 rings (SSSR count). The predicted molar refractivity (Wildman–Crippen MR) is 53.1 cm³/mol. The fourth-order valence-electron chi connectivity index (χ4n) is 1.06. The molecule has 1 aromatic heterocycles. The van der Waals surface area contributed by atoms with Gasteiger partial charge in [-0.1, -0.05) is 12.0 Å². The first-order valence-corrected chi connectivity index (χ1v) is 4.88. The van der Waals surface area contributed by atoms with Gasteiger partial charge in [-0.2, -0.15) is 0 Å². The van der Waals surface area contributed by atoms with Crippen LogP contribution in [0.3, 0.4) is 0 Å². The van der Waals surface area contributed by atoms with Crippen LogP contribution >= 0.6 is 0 Å². The zero-order chi connectivity index (χ0) is 11.4. The number of nitrogens with zero attached hydrogens (tertiary/aromatic N) is 2. The maximum atomic E-state index is 11.1. The van der Waals surface area contributed by atoms with Crippen LogP contribution in [0.2, 0.25) is 0 Å². The van der Waals surface area contributed by atoms with Crippen molar-refractivity contribution in [3.63, 3.8) is 0 Å². The Balaban J connectivity index is 2.07. The van der Waals surface area contributed by atoms with E-state index in [1.807, 2.05) is 0 Å². The lowest BCUT2D eigenvalue weighted by atomic mass is 10.5. The summed E-state index contributed by atoms with van der Waals surface area (Å²) in [6.07, 6.45) is 1.75. The van der Waals surface area contributed by atoms with Crippen molar-refractivity contribution in [3.05, 3.63) is 12.2 Å². The summed E-state index contributed by atoms with van der Waals surface area (Å²) in [4.78, 5) is 11.1. The fraction of sp³-hybridized carbons (Fsp3) is 0.444. The Labute approximate surface area is 91.4 Å². The summed E-state index contributed by atoms with van der Waals surface area (Å²) < 4.78 is 15.4. The summed E-state index contributed by atoms with van der Waals surface area (Å²) in [5.74, 6) is 0.367. The third kappa shape index (κ3) is 2.30. The molecule has 0 radical (unpaired) electrons. The van der Waals surface area contributed by atoms with Gasteiger partial charge in [-0.15, -0.1) is 5.10 Å². The van der Waals surface area contributed by atoms with Gasteiger partial charge in [0.25, 0.3) is 5.89 Å². The number of nitrogens with one attached hydrogen (secondary N) is 1. The fourth-order valence-corrected chi connectivity index (χ4v) is 1.06. The van der Waals surface area contributed by atoms with E-state index in [4.69, 9.17) is 13.9 Å². The molecular weight excluding hydrogens is 214 g/mol. The van der Waals surface area contributed by atoms with Crippen molar-refractivity contribution in [1.29, 1.82) is 0 Å². The molecular formula is C9H11N3O4. The van der Waals surface area contributed by atoms with Crippen LogP contribution in [0.15, 0.2) is 10.7 Å². The molecule has 0 unspecified atom stereocenters. The van der Waals surface area contributed by atoms with Gasteiger partial charge in [0.05, 0.1) is 0 Å². The zero-order valence-corrected chi connectivity index (χ0v) is 8.73. The smallest absolute Gasteiger partial charge is 0.322 e. The molecule has 2 heterocycles. The summed E-state index contributed by atoms with van der Waals surface area (Å²) in [7, 11) is 0. The van der Waals surface area contributed by atoms with Gasteiger partial charge in [-0.25, -0.2) is 0 Å². The Morgan fingerprint density at radius 1 is 1.50 bits per heavy atom. The van der Waals surface area contributed by atoms with Crippen LogP contribution in [0, 0.1) is 0 Å². The second-order valence-electron chi connectivity index (χ2n) is 3.02. The number of ether oxygens (including phenoxy) is 2. The molecule has 0 fully saturated rings. The van der Waals surface area contributed by atoms with Crippen LogP contribution in [-0.2, 0) is 14.3 Å². The number of hydrogen-bond acceptors (Lipinski definition) is 6. The largest absolute Gasteiger partial charge is 0.494 e. The number of hydrogen-bond donors (Lipinski definition) is 1. The minimum absolute atomic E-state index is 0.0527. The van der Waals surface area contributed by atoms with Gasteiger partial charge in [0, 0.05) is 6.42 Å². The maximum absolute atomic E-state index is 11.1. The molecule has 0 atom stereocenters. The highest BCUT2D eigenvalue weighted by Gasteiger charge is 2.16. The average molecular weight is 225 g/mol. The number of carbonyl (C=O) groups excluding carboxylic acids is 1. The summed E-state index contributed by atoms with van der Waals surface area (Å²) in [6.45, 7) is 2.66. The number of anilines is 1. The Hall–Kier alpha value is -2.05. The van der Waals surface area contributed by atoms with Crippen molar-refractivity contribution in [1.82, 2.24) is 10.2 Å². The van der Waals surface area contributed by atoms with E-state index in [1.54, 1.807) is 6.92 Å². The van der Waals surface area contributed by atoms with Crippen molar-refractivity contribution in [2.24, 2.45) is 0 Å². The summed E-state index contributed by atoms with van der Waals surface area (Å²) >= 11 is 0. The zero-order valence-electron chi connectivity index (χ0n) is 8.73. The number of rotatable bonds is 3. The van der Waals surface area contributed by atoms with Gasteiger partial charge in [-0.05, 0) is 0 Å². The lowest BCUT2D eigenvalue weighted by molar-refractivity contribution is -0.116. The van der Waals surface area contributed by atoms with Crippen LogP contribution in [0.5, 0.6) is 0 Å². The molecule has 7 nitrogen and oxygen atoms in total. The number of amides is 1. The molecule has 1 N–H and O–H groups in total. The highest BCUT2D eigenvalue weighted by Crippen LogP contribution is 2.18. The molecule has 0 bridgehead atoms. The van der Waals surface area contributed by atoms with E-state index in [-0.39, 0.29) is 17.8 Å². The lowest BCUT2D eigenvalue weighted by Crippen LogP contribution is -2.09. The molecule has 1 aliphatic rings. The molecule has 0 saturated carbocycles. The van der Waals surface area contributed by atoms with Crippen molar-refractivity contribution in [2.45, 2.75) is 13.3 Å². The predicted octanol–water partition coefficient (Wildman–Crippen LogP) is 0.763. The highest BCUT2D eigenvalue weighted by molar-refractivity contribution is 5.88. The van der Waals surface area contributed by atoms with Crippen molar-refractivity contribution >= 4 is 17.7 Å². The first-order chi connectivity index (χ1) is 7.79. The van der Waals surface area contributed by atoms with Gasteiger partial charge in [-0.3, -0.25) is 10.1 Å². The molecule has 86 valence electrons. The highest BCUT2D eigenvalue weighted by atomic mass is 16.6. The van der Waals surface area contributed by atoms with Crippen molar-refractivity contribution < 1.29 is 18.7 Å². The second kappa shape index (κ2) is 4.65. The average Bonchev–Trinajstić information content (AvgIpc) is 2.78. The molecule has 1 amide bonds.